The Labute approximate surface area is 295 Å². The van der Waals surface area contributed by atoms with Crippen molar-refractivity contribution in [3.05, 3.63) is 62.5 Å². The molecule has 3 heterocycles. The minimum Gasteiger partial charge on any atom is -0.507 e. The normalized spacial score (nSPS) is 25.4. The lowest BCUT2D eigenvalue weighted by Crippen LogP contribution is -2.52. The summed E-state index contributed by atoms with van der Waals surface area (Å²) >= 11 is 4.91. The molecule has 18 heteroatoms. The number of methoxy groups -OCH3 is 1. The monoisotopic (exact) mass is 730 g/mol. The van der Waals surface area contributed by atoms with E-state index in [1.54, 1.807) is 6.92 Å². The molecule has 7 rings (SSSR count). The van der Waals surface area contributed by atoms with E-state index in [0.29, 0.717) is 15.8 Å². The van der Waals surface area contributed by atoms with Crippen LogP contribution in [-0.4, -0.2) is 95.0 Å². The number of nitrogens with zero attached hydrogens (tertiary/aromatic N) is 2. The molecule has 266 valence electrons. The summed E-state index contributed by atoms with van der Waals surface area (Å²) < 4.78 is 17.5. The quantitative estimate of drug-likeness (QED) is 0.0971. The van der Waals surface area contributed by atoms with E-state index < -0.39 is 82.6 Å². The number of ether oxygens (including phenoxy) is 3. The second-order valence-corrected chi connectivity index (χ2v) is 12.6. The van der Waals surface area contributed by atoms with Gasteiger partial charge in [0.15, 0.2) is 28.1 Å². The number of aromatic amines is 2. The number of imidazole rings is 1. The van der Waals surface area contributed by atoms with E-state index in [1.807, 2.05) is 0 Å². The Balaban J connectivity index is 0.000000343. The third-order valence-corrected chi connectivity index (χ3v) is 9.42. The third-order valence-electron chi connectivity index (χ3n) is 9.12. The van der Waals surface area contributed by atoms with Crippen molar-refractivity contribution < 1.29 is 49.0 Å². The molecular weight excluding hydrogens is 696 g/mol. The first-order valence-corrected chi connectivity index (χ1v) is 15.6. The molecule has 0 saturated carbocycles. The minimum absolute atomic E-state index is 0. The van der Waals surface area contributed by atoms with Gasteiger partial charge in [-0.1, -0.05) is 24.4 Å². The van der Waals surface area contributed by atoms with Crippen LogP contribution in [0.4, 0.5) is 5.95 Å². The predicted octanol–water partition coefficient (Wildman–Crippen LogP) is 2.05. The van der Waals surface area contributed by atoms with Gasteiger partial charge in [0.1, 0.15) is 28.4 Å². The molecule has 4 aromatic rings. The van der Waals surface area contributed by atoms with Gasteiger partial charge in [0.2, 0.25) is 11.7 Å². The van der Waals surface area contributed by atoms with Crippen LogP contribution in [0.25, 0.3) is 11.2 Å². The molecule has 1 saturated heterocycles. The van der Waals surface area contributed by atoms with Crippen LogP contribution in [0.2, 0.25) is 0 Å². The van der Waals surface area contributed by atoms with Crippen LogP contribution in [0, 0.1) is 4.64 Å². The highest BCUT2D eigenvalue weighted by Crippen LogP contribution is 2.52. The molecule has 16 nitrogen and oxygen atoms in total. The number of carbonyl (C=O) groups excluding carboxylic acids is 3. The zero-order valence-corrected chi connectivity index (χ0v) is 28.6. The molecule has 3 aliphatic rings. The summed E-state index contributed by atoms with van der Waals surface area (Å²) in [5, 5.41) is 44.1. The number of aromatic hydroxyl groups is 2. The molecule has 0 radical (unpaired) electrons. The smallest absolute Gasteiger partial charge is 0.202 e. The number of Topliss-reactive ketones (excluding diaryl/α,β-unsaturated/α-hetero) is 1. The molecule has 2 aromatic heterocycles. The van der Waals surface area contributed by atoms with E-state index in [9.17, 15) is 34.8 Å². The van der Waals surface area contributed by atoms with Gasteiger partial charge in [-0.15, -0.1) is 12.4 Å². The number of aromatic nitrogens is 4. The van der Waals surface area contributed by atoms with E-state index in [4.69, 9.17) is 37.9 Å². The molecule has 50 heavy (non-hydrogen) atoms. The number of halogens is 1. The van der Waals surface area contributed by atoms with Crippen LogP contribution in [0.1, 0.15) is 75.8 Å². The molecular formula is C32H35ClN6O10S. The van der Waals surface area contributed by atoms with E-state index in [0.717, 1.165) is 0 Å². The number of aliphatic hydroxyl groups is 2. The number of phenolic OH excluding ortho intramolecular Hbond substituents is 2. The summed E-state index contributed by atoms with van der Waals surface area (Å²) in [5.74, 6) is -2.89. The van der Waals surface area contributed by atoms with Crippen molar-refractivity contribution in [2.24, 2.45) is 5.73 Å². The number of phenols is 2. The van der Waals surface area contributed by atoms with Crippen LogP contribution in [0.15, 0.2) is 24.5 Å². The summed E-state index contributed by atoms with van der Waals surface area (Å²) in [5.41, 5.74) is 9.73. The Bertz CT molecular complexity index is 2080. The fourth-order valence-corrected chi connectivity index (χ4v) is 6.78. The highest BCUT2D eigenvalue weighted by Gasteiger charge is 2.49. The van der Waals surface area contributed by atoms with Gasteiger partial charge in [0.05, 0.1) is 48.4 Å². The molecule has 2 aliphatic carbocycles. The van der Waals surface area contributed by atoms with Gasteiger partial charge in [0.25, 0.3) is 0 Å². The van der Waals surface area contributed by atoms with E-state index in [2.05, 4.69) is 19.9 Å². The molecule has 0 spiro atoms. The molecule has 0 bridgehead atoms. The summed E-state index contributed by atoms with van der Waals surface area (Å²) in [6.45, 7) is 2.79. The van der Waals surface area contributed by atoms with Crippen molar-refractivity contribution in [1.82, 2.24) is 19.9 Å². The minimum atomic E-state index is -2.00. The average molecular weight is 731 g/mol. The maximum absolute atomic E-state index is 13.6. The van der Waals surface area contributed by atoms with Crippen molar-refractivity contribution in [1.29, 1.82) is 0 Å². The largest absolute Gasteiger partial charge is 0.507 e. The number of hydrogen-bond acceptors (Lipinski definition) is 15. The topological polar surface area (TPSA) is 269 Å². The number of fused-ring (bicyclic) bond motifs is 4. The lowest BCUT2D eigenvalue weighted by Gasteiger charge is -2.42. The Hall–Kier alpha value is -4.49. The van der Waals surface area contributed by atoms with Crippen molar-refractivity contribution in [3.8, 4) is 17.2 Å². The van der Waals surface area contributed by atoms with Crippen molar-refractivity contribution in [3.63, 3.8) is 0 Å². The summed E-state index contributed by atoms with van der Waals surface area (Å²) in [6.07, 6.45) is -2.99. The fraction of sp³-hybridized carbons (Fsp3) is 0.375. The number of rotatable bonds is 4. The van der Waals surface area contributed by atoms with Gasteiger partial charge in [-0.3, -0.25) is 14.4 Å². The molecule has 0 amide bonds. The van der Waals surface area contributed by atoms with Crippen LogP contribution in [-0.2, 0) is 20.7 Å². The number of nitrogens with two attached hydrogens (primary N) is 2. The summed E-state index contributed by atoms with van der Waals surface area (Å²) in [6, 6.07) is 3.75. The number of hydrogen-bond donors (Lipinski definition) is 8. The maximum Gasteiger partial charge on any atom is 0.202 e. The van der Waals surface area contributed by atoms with Crippen molar-refractivity contribution in [2.75, 3.05) is 12.8 Å². The zero-order chi connectivity index (χ0) is 35.5. The van der Waals surface area contributed by atoms with Gasteiger partial charge in [-0.25, -0.2) is 9.97 Å². The summed E-state index contributed by atoms with van der Waals surface area (Å²) in [4.78, 5) is 53.0. The second-order valence-electron chi connectivity index (χ2n) is 12.2. The van der Waals surface area contributed by atoms with Gasteiger partial charge in [-0.05, 0) is 19.9 Å². The number of carbonyl (C=O) groups is 3. The molecule has 1 aliphatic heterocycles. The number of nitrogens with one attached hydrogen (secondary N) is 2. The Morgan fingerprint density at radius 2 is 1.86 bits per heavy atom. The van der Waals surface area contributed by atoms with Crippen LogP contribution < -0.4 is 16.2 Å². The Morgan fingerprint density at radius 3 is 2.52 bits per heavy atom. The fourth-order valence-electron chi connectivity index (χ4n) is 6.53. The van der Waals surface area contributed by atoms with Crippen LogP contribution in [0.3, 0.4) is 0 Å². The average Bonchev–Trinajstić information content (AvgIpc) is 3.53. The highest BCUT2D eigenvalue weighted by molar-refractivity contribution is 7.71. The van der Waals surface area contributed by atoms with E-state index in [-0.39, 0.29) is 59.2 Å². The van der Waals surface area contributed by atoms with Gasteiger partial charge in [0, 0.05) is 42.0 Å². The van der Waals surface area contributed by atoms with Crippen LogP contribution in [0.5, 0.6) is 17.2 Å². The first-order chi connectivity index (χ1) is 23.2. The van der Waals surface area contributed by atoms with E-state index in [1.165, 1.54) is 38.6 Å². The van der Waals surface area contributed by atoms with Crippen molar-refractivity contribution in [2.45, 2.75) is 69.4 Å². The first kappa shape index (κ1) is 36.8. The molecule has 2 aromatic carbocycles. The maximum atomic E-state index is 13.6. The number of benzene rings is 2. The van der Waals surface area contributed by atoms with Crippen LogP contribution >= 0.6 is 24.6 Å². The zero-order valence-electron chi connectivity index (χ0n) is 26.9. The number of H-pyrrole nitrogens is 2. The molecule has 6 atom stereocenters. The lowest BCUT2D eigenvalue weighted by atomic mass is 9.72. The predicted molar refractivity (Wildman–Crippen MR) is 181 cm³/mol. The standard InChI is InChI=1S/C27H29NO10.C5H5N5S.ClH/c1-10-22(30)14(28)7-17(37-10)38-16-9-27(35,11(2)29)8-13-19(16)26(34)21-20(24(13)32)23(31)12-5-4-6-15(36-3)18(12)25(21)33;6-5-9-3-2(4(11)10-5)7-1-8-3;/h4-6,10,14,16-17,22,30,32,34-35H,7-9,28H2,1-3H3;1H,(H4,6,7,8,9,10,11);1H/t10-,14-,16-,17-,22+,27-;;/m0../s1. The molecule has 1 fully saturated rings. The third kappa shape index (κ3) is 6.10. The lowest BCUT2D eigenvalue weighted by molar-refractivity contribution is -0.247. The van der Waals surface area contributed by atoms with E-state index >= 15 is 0 Å². The van der Waals surface area contributed by atoms with Gasteiger partial charge >= 0.3 is 0 Å². The summed E-state index contributed by atoms with van der Waals surface area (Å²) in [7, 11) is 1.34. The second kappa shape index (κ2) is 13.7. The molecule has 0 unspecified atom stereocenters. The Kier molecular flexibility index (Phi) is 10.1. The van der Waals surface area contributed by atoms with Crippen molar-refractivity contribution >= 4 is 59.1 Å². The number of ketones is 3. The highest BCUT2D eigenvalue weighted by atomic mass is 35.5. The number of anilines is 1. The van der Waals surface area contributed by atoms with Gasteiger partial charge < -0.3 is 56.1 Å². The number of aliphatic hydroxyl groups excluding tert-OH is 1. The first-order valence-electron chi connectivity index (χ1n) is 15.2. The SMILES string of the molecule is COc1cccc2c1C(=O)c1c(O)c3c(c(O)c1C2=O)C[C@@](O)(C(C)=O)C[C@@H]3O[C@H]1C[C@H](N)[C@H](O)[C@H](C)O1.Cl.Nc1nc(=S)c2[nH]cnc2[nH]1. The molecule has 10 N–H and O–H groups in total. The number of nitrogen functional groups attached to an aromatic ring is 1. The van der Waals surface area contributed by atoms with Gasteiger partial charge in [-0.2, -0.15) is 0 Å². The Morgan fingerprint density at radius 1 is 1.16 bits per heavy atom.